The number of hydrogen-bond acceptors (Lipinski definition) is 1. The Hall–Kier alpha value is 0.01000. The highest BCUT2D eigenvalue weighted by Crippen LogP contribution is 2.36. The summed E-state index contributed by atoms with van der Waals surface area (Å²) < 4.78 is 2.15. The molecule has 86 valence electrons. The molecule has 0 aromatic rings. The molecular weight excluding hydrogens is 297 g/mol. The fourth-order valence-electron chi connectivity index (χ4n) is 2.09. The Morgan fingerprint density at radius 2 is 2.20 bits per heavy atom. The first-order valence-electron chi connectivity index (χ1n) is 5.70. The van der Waals surface area contributed by atoms with Crippen molar-refractivity contribution >= 4 is 22.6 Å². The first-order chi connectivity index (χ1) is 7.02. The standard InChI is InChI=1S/C13H22IN/c1-5-13(4)8-12(6-7-14)10(2)11(3)15-9-13/h6-7,12,15H,5,8-9H2,1-4H3/b7-6-. The molecule has 0 aliphatic carbocycles. The van der Waals surface area contributed by atoms with Crippen molar-refractivity contribution in [2.45, 2.75) is 40.5 Å². The third-order valence-electron chi connectivity index (χ3n) is 3.80. The molecule has 0 spiro atoms. The van der Waals surface area contributed by atoms with Crippen molar-refractivity contribution in [3.05, 3.63) is 21.4 Å². The van der Waals surface area contributed by atoms with Crippen LogP contribution in [0, 0.1) is 11.3 Å². The van der Waals surface area contributed by atoms with E-state index < -0.39 is 0 Å². The third kappa shape index (κ3) is 3.23. The molecule has 1 aliphatic rings. The van der Waals surface area contributed by atoms with Crippen LogP contribution in [0.2, 0.25) is 0 Å². The SMILES string of the molecule is CCC1(C)CNC(C)=C(C)C(/C=C\I)C1. The molecule has 0 saturated carbocycles. The number of allylic oxidation sites excluding steroid dienone is 3. The van der Waals surface area contributed by atoms with Gasteiger partial charge in [-0.3, -0.25) is 0 Å². The van der Waals surface area contributed by atoms with Gasteiger partial charge in [-0.1, -0.05) is 42.5 Å². The number of nitrogens with one attached hydrogen (secondary N) is 1. The van der Waals surface area contributed by atoms with Crippen molar-refractivity contribution in [2.24, 2.45) is 11.3 Å². The quantitative estimate of drug-likeness (QED) is 0.750. The summed E-state index contributed by atoms with van der Waals surface area (Å²) in [5.41, 5.74) is 3.30. The summed E-state index contributed by atoms with van der Waals surface area (Å²) in [4.78, 5) is 0. The van der Waals surface area contributed by atoms with E-state index >= 15 is 0 Å². The van der Waals surface area contributed by atoms with E-state index in [4.69, 9.17) is 0 Å². The molecule has 0 aromatic carbocycles. The van der Waals surface area contributed by atoms with E-state index in [2.05, 4.69) is 65.8 Å². The van der Waals surface area contributed by atoms with Crippen LogP contribution in [-0.2, 0) is 0 Å². The molecule has 1 nitrogen and oxygen atoms in total. The minimum atomic E-state index is 0.430. The first kappa shape index (κ1) is 13.1. The zero-order valence-electron chi connectivity index (χ0n) is 10.2. The molecule has 2 atom stereocenters. The lowest BCUT2D eigenvalue weighted by molar-refractivity contribution is 0.267. The summed E-state index contributed by atoms with van der Waals surface area (Å²) in [6.07, 6.45) is 4.84. The van der Waals surface area contributed by atoms with E-state index in [1.807, 2.05) is 0 Å². The molecule has 1 heterocycles. The summed E-state index contributed by atoms with van der Waals surface area (Å²) in [6.45, 7) is 10.2. The van der Waals surface area contributed by atoms with Crippen LogP contribution in [0.5, 0.6) is 0 Å². The predicted molar refractivity (Wildman–Crippen MR) is 76.0 cm³/mol. The van der Waals surface area contributed by atoms with Gasteiger partial charge in [-0.15, -0.1) is 0 Å². The van der Waals surface area contributed by atoms with Crippen LogP contribution in [-0.4, -0.2) is 6.54 Å². The van der Waals surface area contributed by atoms with Gasteiger partial charge in [-0.25, -0.2) is 0 Å². The Balaban J connectivity index is 2.93. The minimum absolute atomic E-state index is 0.430. The molecule has 0 saturated heterocycles. The minimum Gasteiger partial charge on any atom is -0.388 e. The van der Waals surface area contributed by atoms with Crippen molar-refractivity contribution in [3.8, 4) is 0 Å². The molecule has 2 unspecified atom stereocenters. The summed E-state index contributed by atoms with van der Waals surface area (Å²) >= 11 is 2.32. The Kier molecular flexibility index (Phi) is 4.68. The van der Waals surface area contributed by atoms with E-state index in [0.29, 0.717) is 11.3 Å². The highest BCUT2D eigenvalue weighted by molar-refractivity contribution is 14.1. The summed E-state index contributed by atoms with van der Waals surface area (Å²) in [5, 5.41) is 3.57. The van der Waals surface area contributed by atoms with Crippen molar-refractivity contribution in [1.29, 1.82) is 0 Å². The first-order valence-corrected chi connectivity index (χ1v) is 6.95. The average molecular weight is 319 g/mol. The van der Waals surface area contributed by atoms with E-state index in [-0.39, 0.29) is 0 Å². The molecule has 0 fully saturated rings. The number of hydrogen-bond donors (Lipinski definition) is 1. The number of halogens is 1. The molecule has 0 amide bonds. The maximum atomic E-state index is 3.57. The highest BCUT2D eigenvalue weighted by Gasteiger charge is 2.29. The van der Waals surface area contributed by atoms with Crippen molar-refractivity contribution in [1.82, 2.24) is 5.32 Å². The van der Waals surface area contributed by atoms with Gasteiger partial charge in [0, 0.05) is 18.2 Å². The lowest BCUT2D eigenvalue weighted by Crippen LogP contribution is -2.29. The molecule has 0 radical (unpaired) electrons. The fraction of sp³-hybridized carbons (Fsp3) is 0.692. The van der Waals surface area contributed by atoms with Gasteiger partial charge >= 0.3 is 0 Å². The van der Waals surface area contributed by atoms with Gasteiger partial charge in [0.15, 0.2) is 0 Å². The van der Waals surface area contributed by atoms with Crippen LogP contribution < -0.4 is 5.32 Å². The van der Waals surface area contributed by atoms with E-state index in [1.165, 1.54) is 24.1 Å². The van der Waals surface area contributed by atoms with Gasteiger partial charge in [0.25, 0.3) is 0 Å². The van der Waals surface area contributed by atoms with E-state index in [9.17, 15) is 0 Å². The molecule has 1 N–H and O–H groups in total. The third-order valence-corrected chi connectivity index (χ3v) is 4.21. The topological polar surface area (TPSA) is 12.0 Å². The van der Waals surface area contributed by atoms with Crippen LogP contribution >= 0.6 is 22.6 Å². The lowest BCUT2D eigenvalue weighted by Gasteiger charge is -2.29. The Labute approximate surface area is 108 Å². The van der Waals surface area contributed by atoms with Crippen LogP contribution in [0.1, 0.15) is 40.5 Å². The average Bonchev–Trinajstić information content (AvgIpc) is 2.33. The Morgan fingerprint density at radius 1 is 1.53 bits per heavy atom. The predicted octanol–water partition coefficient (Wildman–Crippen LogP) is 4.25. The van der Waals surface area contributed by atoms with Gasteiger partial charge in [0.05, 0.1) is 0 Å². The molecule has 1 rings (SSSR count). The van der Waals surface area contributed by atoms with E-state index in [1.54, 1.807) is 0 Å². The van der Waals surface area contributed by atoms with Gasteiger partial charge in [0.1, 0.15) is 0 Å². The molecule has 0 bridgehead atoms. The van der Waals surface area contributed by atoms with Crippen LogP contribution in [0.25, 0.3) is 0 Å². The molecular formula is C13H22IN. The zero-order valence-corrected chi connectivity index (χ0v) is 12.4. The maximum Gasteiger partial charge on any atom is 0.0198 e. The zero-order chi connectivity index (χ0) is 11.5. The van der Waals surface area contributed by atoms with Gasteiger partial charge in [-0.05, 0) is 41.8 Å². The summed E-state index contributed by atoms with van der Waals surface area (Å²) in [5.74, 6) is 0.613. The summed E-state index contributed by atoms with van der Waals surface area (Å²) in [6, 6.07) is 0. The van der Waals surface area contributed by atoms with Crippen LogP contribution in [0.4, 0.5) is 0 Å². The number of rotatable bonds is 2. The highest BCUT2D eigenvalue weighted by atomic mass is 127. The van der Waals surface area contributed by atoms with Crippen molar-refractivity contribution in [3.63, 3.8) is 0 Å². The largest absolute Gasteiger partial charge is 0.388 e. The smallest absolute Gasteiger partial charge is 0.0198 e. The van der Waals surface area contributed by atoms with Crippen LogP contribution in [0.15, 0.2) is 21.4 Å². The molecule has 1 aliphatic heterocycles. The molecule has 15 heavy (non-hydrogen) atoms. The second kappa shape index (κ2) is 5.37. The van der Waals surface area contributed by atoms with Crippen molar-refractivity contribution < 1.29 is 0 Å². The normalized spacial score (nSPS) is 33.0. The van der Waals surface area contributed by atoms with Gasteiger partial charge in [-0.2, -0.15) is 0 Å². The molecule has 2 heteroatoms. The Bertz CT molecular complexity index is 280. The molecule has 0 aromatic heterocycles. The van der Waals surface area contributed by atoms with Crippen LogP contribution in [0.3, 0.4) is 0 Å². The second-order valence-corrected chi connectivity index (χ2v) is 5.67. The lowest BCUT2D eigenvalue weighted by atomic mass is 9.77. The van der Waals surface area contributed by atoms with Gasteiger partial charge < -0.3 is 5.32 Å². The Morgan fingerprint density at radius 3 is 2.73 bits per heavy atom. The summed E-state index contributed by atoms with van der Waals surface area (Å²) in [7, 11) is 0. The fourth-order valence-corrected chi connectivity index (χ4v) is 2.59. The monoisotopic (exact) mass is 319 g/mol. The maximum absolute atomic E-state index is 3.57. The van der Waals surface area contributed by atoms with E-state index in [0.717, 1.165) is 6.54 Å². The van der Waals surface area contributed by atoms with Gasteiger partial charge in [0.2, 0.25) is 0 Å². The van der Waals surface area contributed by atoms with Crippen molar-refractivity contribution in [2.75, 3.05) is 6.54 Å². The second-order valence-electron chi connectivity index (χ2n) is 4.95.